The summed E-state index contributed by atoms with van der Waals surface area (Å²) >= 11 is 0. The third kappa shape index (κ3) is 2.65. The number of nitrogens with two attached hydrogens (primary N) is 1. The number of fused-ring (bicyclic) bond motifs is 1. The molecule has 3 unspecified atom stereocenters. The Kier molecular flexibility index (Phi) is 4.08. The molecule has 1 fully saturated rings. The van der Waals surface area contributed by atoms with Crippen LogP contribution in [0, 0.1) is 0 Å². The highest BCUT2D eigenvalue weighted by atomic mass is 16.6. The number of pyridine rings is 1. The van der Waals surface area contributed by atoms with Crippen molar-refractivity contribution in [3.63, 3.8) is 0 Å². The van der Waals surface area contributed by atoms with E-state index >= 15 is 0 Å². The van der Waals surface area contributed by atoms with E-state index in [1.54, 1.807) is 0 Å². The minimum absolute atomic E-state index is 0.0108. The first-order valence-electron chi connectivity index (χ1n) is 6.99. The highest BCUT2D eigenvalue weighted by molar-refractivity contribution is 5.27. The zero-order valence-electron chi connectivity index (χ0n) is 11.0. The normalized spacial score (nSPS) is 28.7. The summed E-state index contributed by atoms with van der Waals surface area (Å²) in [6.07, 6.45) is 5.26. The number of rotatable bonds is 3. The van der Waals surface area contributed by atoms with Crippen molar-refractivity contribution in [3.8, 4) is 0 Å². The minimum Gasteiger partial charge on any atom is -0.376 e. The van der Waals surface area contributed by atoms with Crippen LogP contribution in [0.5, 0.6) is 0 Å². The summed E-state index contributed by atoms with van der Waals surface area (Å²) in [4.78, 5) is 4.57. The largest absolute Gasteiger partial charge is 0.376 e. The van der Waals surface area contributed by atoms with Gasteiger partial charge in [-0.1, -0.05) is 6.07 Å². The molecule has 0 aromatic carbocycles. The fraction of sp³-hybridized carbons (Fsp3) is 0.643. The van der Waals surface area contributed by atoms with Gasteiger partial charge in [0.15, 0.2) is 0 Å². The maximum atomic E-state index is 5.80. The number of hydrogen-bond acceptors (Lipinski definition) is 5. The van der Waals surface area contributed by atoms with Gasteiger partial charge in [0.25, 0.3) is 0 Å². The highest BCUT2D eigenvalue weighted by Crippen LogP contribution is 2.34. The van der Waals surface area contributed by atoms with Gasteiger partial charge >= 0.3 is 0 Å². The van der Waals surface area contributed by atoms with Gasteiger partial charge in [-0.15, -0.1) is 0 Å². The molecule has 2 aliphatic rings. The molecule has 104 valence electrons. The van der Waals surface area contributed by atoms with Crippen molar-refractivity contribution in [2.45, 2.75) is 37.3 Å². The molecule has 1 aromatic heterocycles. The number of hydrogen-bond donors (Lipinski definition) is 2. The van der Waals surface area contributed by atoms with Crippen LogP contribution in [0.2, 0.25) is 0 Å². The minimum atomic E-state index is 0.0108. The first-order valence-corrected chi connectivity index (χ1v) is 6.99. The molecule has 0 radical (unpaired) electrons. The van der Waals surface area contributed by atoms with Gasteiger partial charge in [0.05, 0.1) is 32.0 Å². The fourth-order valence-corrected chi connectivity index (χ4v) is 3.19. The predicted octanol–water partition coefficient (Wildman–Crippen LogP) is 0.749. The average Bonchev–Trinajstić information content (AvgIpc) is 2.49. The van der Waals surface area contributed by atoms with Crippen molar-refractivity contribution in [3.05, 3.63) is 29.6 Å². The summed E-state index contributed by atoms with van der Waals surface area (Å²) < 4.78 is 11.3. The Bertz CT molecular complexity index is 421. The maximum absolute atomic E-state index is 5.80. The average molecular weight is 263 g/mol. The standard InChI is InChI=1S/C14H21N3O2/c15-17-14(12-9-18-7-8-19-12)11-5-1-3-10-4-2-6-16-13(10)11/h2,4,6,11-12,14,17H,1,3,5,7-9,15H2. The molecule has 3 atom stereocenters. The van der Waals surface area contributed by atoms with Crippen LogP contribution in [0.4, 0.5) is 0 Å². The Morgan fingerprint density at radius 1 is 1.42 bits per heavy atom. The molecule has 5 nitrogen and oxygen atoms in total. The molecule has 0 saturated carbocycles. The Hall–Kier alpha value is -1.01. The first kappa shape index (κ1) is 13.0. The Morgan fingerprint density at radius 2 is 2.37 bits per heavy atom. The van der Waals surface area contributed by atoms with Crippen LogP contribution in [0.3, 0.4) is 0 Å². The molecular formula is C14H21N3O2. The van der Waals surface area contributed by atoms with E-state index in [4.69, 9.17) is 15.3 Å². The zero-order valence-corrected chi connectivity index (χ0v) is 11.0. The van der Waals surface area contributed by atoms with Gasteiger partial charge in [-0.05, 0) is 30.9 Å². The summed E-state index contributed by atoms with van der Waals surface area (Å²) in [6, 6.07) is 4.24. The van der Waals surface area contributed by atoms with Gasteiger partial charge < -0.3 is 9.47 Å². The number of nitrogens with one attached hydrogen (secondary N) is 1. The van der Waals surface area contributed by atoms with Gasteiger partial charge in [0.2, 0.25) is 0 Å². The number of aryl methyl sites for hydroxylation is 1. The highest BCUT2D eigenvalue weighted by Gasteiger charge is 2.35. The van der Waals surface area contributed by atoms with E-state index in [2.05, 4.69) is 16.5 Å². The molecule has 1 saturated heterocycles. The summed E-state index contributed by atoms with van der Waals surface area (Å²) in [6.45, 7) is 1.92. The molecule has 0 spiro atoms. The van der Waals surface area contributed by atoms with Crippen molar-refractivity contribution < 1.29 is 9.47 Å². The van der Waals surface area contributed by atoms with Gasteiger partial charge in [-0.3, -0.25) is 16.3 Å². The van der Waals surface area contributed by atoms with Crippen LogP contribution in [0.25, 0.3) is 0 Å². The van der Waals surface area contributed by atoms with Crippen LogP contribution in [-0.2, 0) is 15.9 Å². The lowest BCUT2D eigenvalue weighted by Gasteiger charge is -2.37. The summed E-state index contributed by atoms with van der Waals surface area (Å²) in [5, 5.41) is 0. The fourth-order valence-electron chi connectivity index (χ4n) is 3.19. The Balaban J connectivity index is 1.83. The number of aromatic nitrogens is 1. The van der Waals surface area contributed by atoms with E-state index in [0.717, 1.165) is 12.8 Å². The summed E-state index contributed by atoms with van der Waals surface area (Å²) in [5.74, 6) is 6.09. The Morgan fingerprint density at radius 3 is 3.16 bits per heavy atom. The lowest BCUT2D eigenvalue weighted by Crippen LogP contribution is -2.53. The monoisotopic (exact) mass is 263 g/mol. The molecule has 5 heteroatoms. The first-order chi connectivity index (χ1) is 9.40. The molecule has 0 amide bonds. The van der Waals surface area contributed by atoms with Crippen molar-refractivity contribution in [1.82, 2.24) is 10.4 Å². The SMILES string of the molecule is NNC(C1COCCO1)C1CCCc2cccnc21. The molecule has 3 rings (SSSR count). The van der Waals surface area contributed by atoms with E-state index in [1.807, 2.05) is 12.3 Å². The summed E-state index contributed by atoms with van der Waals surface area (Å²) in [7, 11) is 0. The van der Waals surface area contributed by atoms with Gasteiger partial charge in [-0.25, -0.2) is 0 Å². The van der Waals surface area contributed by atoms with Crippen LogP contribution in [0.1, 0.15) is 30.0 Å². The Labute approximate surface area is 113 Å². The lowest BCUT2D eigenvalue weighted by molar-refractivity contribution is -0.105. The number of hydrazine groups is 1. The maximum Gasteiger partial charge on any atom is 0.0982 e. The zero-order chi connectivity index (χ0) is 13.1. The topological polar surface area (TPSA) is 69.4 Å². The second-order valence-corrected chi connectivity index (χ2v) is 5.22. The van der Waals surface area contributed by atoms with E-state index in [1.165, 1.54) is 17.7 Å². The summed E-state index contributed by atoms with van der Waals surface area (Å²) in [5.41, 5.74) is 5.45. The van der Waals surface area contributed by atoms with E-state index in [-0.39, 0.29) is 12.1 Å². The molecule has 0 bridgehead atoms. The van der Waals surface area contributed by atoms with Gasteiger partial charge in [-0.2, -0.15) is 0 Å². The molecule has 1 aliphatic heterocycles. The van der Waals surface area contributed by atoms with E-state index in [9.17, 15) is 0 Å². The molecule has 1 aliphatic carbocycles. The van der Waals surface area contributed by atoms with E-state index < -0.39 is 0 Å². The molecule has 19 heavy (non-hydrogen) atoms. The van der Waals surface area contributed by atoms with Crippen molar-refractivity contribution in [2.24, 2.45) is 5.84 Å². The molecule has 2 heterocycles. The second kappa shape index (κ2) is 5.96. The second-order valence-electron chi connectivity index (χ2n) is 5.22. The van der Waals surface area contributed by atoms with Gasteiger partial charge in [0.1, 0.15) is 0 Å². The van der Waals surface area contributed by atoms with Gasteiger partial charge in [0, 0.05) is 17.8 Å². The number of nitrogens with zero attached hydrogens (tertiary/aromatic N) is 1. The predicted molar refractivity (Wildman–Crippen MR) is 71.6 cm³/mol. The molecule has 1 aromatic rings. The van der Waals surface area contributed by atoms with Crippen LogP contribution < -0.4 is 11.3 Å². The third-order valence-corrected chi connectivity index (χ3v) is 4.11. The smallest absolute Gasteiger partial charge is 0.0982 e. The van der Waals surface area contributed by atoms with Crippen molar-refractivity contribution in [1.29, 1.82) is 0 Å². The lowest BCUT2D eigenvalue weighted by atomic mass is 9.80. The third-order valence-electron chi connectivity index (χ3n) is 4.11. The molecular weight excluding hydrogens is 242 g/mol. The quantitative estimate of drug-likeness (QED) is 0.622. The van der Waals surface area contributed by atoms with Crippen molar-refractivity contribution in [2.75, 3.05) is 19.8 Å². The van der Waals surface area contributed by atoms with E-state index in [0.29, 0.717) is 25.7 Å². The molecule has 3 N–H and O–H groups in total. The van der Waals surface area contributed by atoms with Crippen molar-refractivity contribution >= 4 is 0 Å². The van der Waals surface area contributed by atoms with Crippen LogP contribution >= 0.6 is 0 Å². The van der Waals surface area contributed by atoms with Crippen LogP contribution in [-0.4, -0.2) is 37.0 Å². The number of ether oxygens (including phenoxy) is 2. The van der Waals surface area contributed by atoms with Crippen LogP contribution in [0.15, 0.2) is 18.3 Å².